The number of fused-ring (bicyclic) bond motifs is 7. The van der Waals surface area contributed by atoms with Crippen molar-refractivity contribution in [1.29, 1.82) is 0 Å². The van der Waals surface area contributed by atoms with Crippen molar-refractivity contribution in [3.63, 3.8) is 0 Å². The molecule has 0 saturated heterocycles. The van der Waals surface area contributed by atoms with Gasteiger partial charge in [0.25, 0.3) is 0 Å². The van der Waals surface area contributed by atoms with Crippen molar-refractivity contribution in [2.45, 2.75) is 0 Å². The summed E-state index contributed by atoms with van der Waals surface area (Å²) in [5, 5.41) is 13.8. The lowest BCUT2D eigenvalue weighted by atomic mass is 9.55. The Labute approximate surface area is 472 Å². The second-order valence-corrected chi connectivity index (χ2v) is 24.3. The van der Waals surface area contributed by atoms with Crippen LogP contribution in [0, 0.1) is 0 Å². The van der Waals surface area contributed by atoms with Crippen LogP contribution in [0.4, 0.5) is 0 Å². The zero-order chi connectivity index (χ0) is 55.3. The molecule has 1 aromatic heterocycles. The minimum Gasteiger partial charge on any atom is -0.457 e. The molecule has 0 unspecified atom stereocenters. The molecule has 0 radical (unpaired) electrons. The van der Waals surface area contributed by atoms with Gasteiger partial charge in [0.2, 0.25) is 0 Å². The van der Waals surface area contributed by atoms with Gasteiger partial charge in [-0.25, -0.2) is 0 Å². The number of hydrogen-bond acceptors (Lipinski definition) is 1. The van der Waals surface area contributed by atoms with Gasteiger partial charge in [-0.3, -0.25) is 0 Å². The smallest absolute Gasteiger partial charge is 0.143 e. The van der Waals surface area contributed by atoms with Crippen molar-refractivity contribution >= 4 is 438 Å². The summed E-state index contributed by atoms with van der Waals surface area (Å²) in [4.78, 5) is 0. The molecule has 1 heterocycles. The van der Waals surface area contributed by atoms with Crippen LogP contribution >= 0.6 is 0 Å². The van der Waals surface area contributed by atoms with Crippen LogP contribution in [0.25, 0.3) is 98.4 Å². The van der Waals surface area contributed by atoms with Crippen molar-refractivity contribution in [2.24, 2.45) is 0 Å². The lowest BCUT2D eigenvalue weighted by molar-refractivity contribution is 0.675. The Morgan fingerprint density at radius 3 is 0.653 bits per heavy atom. The Morgan fingerprint density at radius 2 is 0.293 bits per heavy atom. The SMILES string of the molecule is Bc1c(B)c(B)c2c(oc3c(B)c(B)c(-c4c5c(B)c(B)c(B)c(B)c5c(-c5c(B)c(B)c(-c6c(B)c(B)c7c(B)c(B)c(B)c(B)c7c6B)c6c(B)c(B)c(B)c(B)c56)c5c(B)c(B)c(B)c(B)c45)c(B)c32)c1B. The first-order valence-corrected chi connectivity index (χ1v) is 27.9. The van der Waals surface area contributed by atoms with Crippen LogP contribution in [0.15, 0.2) is 4.42 Å². The van der Waals surface area contributed by atoms with Gasteiger partial charge in [0.05, 0.1) is 0 Å². The highest BCUT2D eigenvalue weighted by atomic mass is 16.3. The van der Waals surface area contributed by atoms with Crippen LogP contribution in [0.2, 0.25) is 0 Å². The van der Waals surface area contributed by atoms with Gasteiger partial charge in [0.1, 0.15) is 231 Å². The van der Waals surface area contributed by atoms with E-state index in [1.165, 1.54) is 240 Å². The van der Waals surface area contributed by atoms with E-state index < -0.39 is 0 Å². The van der Waals surface area contributed by atoms with Crippen LogP contribution in [-0.4, -0.2) is 220 Å². The monoisotopic (exact) mass is 933 g/mol. The molecular formula is C46H56B28O. The number of furan rings is 1. The first-order chi connectivity index (χ1) is 35.0. The topological polar surface area (TPSA) is 13.1 Å². The summed E-state index contributed by atoms with van der Waals surface area (Å²) in [6.07, 6.45) is 0. The molecule has 330 valence electrons. The van der Waals surface area contributed by atoms with Crippen LogP contribution < -0.4 is 153 Å². The lowest BCUT2D eigenvalue weighted by Crippen LogP contribution is -2.53. The second-order valence-electron chi connectivity index (χ2n) is 24.3. The molecule has 9 aromatic carbocycles. The highest BCUT2D eigenvalue weighted by molar-refractivity contribution is 6.78. The molecule has 10 aromatic rings. The van der Waals surface area contributed by atoms with Crippen LogP contribution in [-0.2, 0) is 0 Å². The molecule has 10 rings (SSSR count). The average Bonchev–Trinajstić information content (AvgIpc) is 3.84. The van der Waals surface area contributed by atoms with E-state index in [1.807, 2.05) is 0 Å². The minimum absolute atomic E-state index is 1.03. The standard InChI is InChI=1S/C46H56B28O/c47-17-12(27(57)28(58)14-13(17)29(59)39(69)40(70)30(14)60)10-9-8(25(55)37(67)38(68)26(9)56)5(19(49)20(10)50)1-3-6(23(53)35(65)33(63)21(3)51)2(7-4(1)22(52)34(64)36(66)24(7)54)11-18(48)15-16-32(62)41(71)42(72)44(74)46(16)75-45(15)43(73)31(11)61/h47-74H2. The fourth-order valence-corrected chi connectivity index (χ4v) is 15.1. The zero-order valence-electron chi connectivity index (χ0n) is 51.4. The van der Waals surface area contributed by atoms with Crippen molar-refractivity contribution in [3.8, 4) is 33.4 Å². The maximum atomic E-state index is 7.10. The second kappa shape index (κ2) is 18.1. The molecule has 0 bridgehead atoms. The molecule has 75 heavy (non-hydrogen) atoms. The Kier molecular flexibility index (Phi) is 13.0. The Hall–Kier alpha value is -4.36. The molecule has 0 aliphatic heterocycles. The molecule has 0 fully saturated rings. The van der Waals surface area contributed by atoms with E-state index in [0.717, 1.165) is 11.2 Å². The van der Waals surface area contributed by atoms with Gasteiger partial charge in [0, 0.05) is 10.8 Å². The van der Waals surface area contributed by atoms with Gasteiger partial charge in [-0.2, -0.15) is 0 Å². The van der Waals surface area contributed by atoms with Crippen molar-refractivity contribution in [2.75, 3.05) is 0 Å². The van der Waals surface area contributed by atoms with E-state index in [2.05, 4.69) is 220 Å². The predicted octanol–water partition coefficient (Wildman–Crippen LogP) is -35.6. The molecule has 29 heteroatoms. The summed E-state index contributed by atoms with van der Waals surface area (Å²) in [5.74, 6) is 0. The maximum Gasteiger partial charge on any atom is 0.143 e. The van der Waals surface area contributed by atoms with Crippen molar-refractivity contribution in [3.05, 3.63) is 0 Å². The van der Waals surface area contributed by atoms with Crippen molar-refractivity contribution in [1.82, 2.24) is 0 Å². The minimum atomic E-state index is 1.03. The maximum absolute atomic E-state index is 7.10. The first-order valence-electron chi connectivity index (χ1n) is 27.9. The molecule has 0 amide bonds. The summed E-state index contributed by atoms with van der Waals surface area (Å²) in [7, 11) is 66.6. The quantitative estimate of drug-likeness (QED) is 0.127. The average molecular weight is 928 g/mol. The summed E-state index contributed by atoms with van der Waals surface area (Å²) >= 11 is 0. The highest BCUT2D eigenvalue weighted by Crippen LogP contribution is 2.42. The third-order valence-corrected chi connectivity index (χ3v) is 21.7. The fraction of sp³-hybridized carbons (Fsp3) is 0. The van der Waals surface area contributed by atoms with Gasteiger partial charge in [-0.1, -0.05) is 104 Å². The van der Waals surface area contributed by atoms with Crippen LogP contribution in [0.5, 0.6) is 0 Å². The molecule has 0 aliphatic carbocycles. The molecule has 1 nitrogen and oxygen atoms in total. The van der Waals surface area contributed by atoms with E-state index in [-0.39, 0.29) is 0 Å². The summed E-state index contributed by atoms with van der Waals surface area (Å²) in [6, 6.07) is 0. The highest BCUT2D eigenvalue weighted by Gasteiger charge is 2.32. The fourth-order valence-electron chi connectivity index (χ4n) is 15.1. The van der Waals surface area contributed by atoms with E-state index in [1.54, 1.807) is 0 Å². The van der Waals surface area contributed by atoms with Gasteiger partial charge in [-0.05, 0) is 76.5 Å². The molecule has 0 N–H and O–H groups in total. The van der Waals surface area contributed by atoms with Gasteiger partial charge < -0.3 is 4.42 Å². The van der Waals surface area contributed by atoms with Gasteiger partial charge in [0.15, 0.2) is 0 Å². The largest absolute Gasteiger partial charge is 0.457 e. The van der Waals surface area contributed by atoms with E-state index in [0.29, 0.717) is 0 Å². The first kappa shape index (κ1) is 54.0. The molecular weight excluding hydrogens is 871 g/mol. The molecule has 0 saturated carbocycles. The van der Waals surface area contributed by atoms with E-state index in [4.69, 9.17) is 4.42 Å². The Bertz CT molecular complexity index is 4360. The summed E-state index contributed by atoms with van der Waals surface area (Å²) in [5.41, 5.74) is 48.7. The number of benzene rings is 9. The Balaban J connectivity index is 1.53. The van der Waals surface area contributed by atoms with Gasteiger partial charge in [-0.15, -0.1) is 49.2 Å². The Morgan fingerprint density at radius 1 is 0.120 bits per heavy atom. The summed E-state index contributed by atoms with van der Waals surface area (Å²) in [6.45, 7) is 0. The van der Waals surface area contributed by atoms with Crippen molar-refractivity contribution < 1.29 is 4.42 Å². The zero-order valence-corrected chi connectivity index (χ0v) is 51.4. The molecule has 0 spiro atoms. The van der Waals surface area contributed by atoms with Gasteiger partial charge >= 0.3 is 0 Å². The summed E-state index contributed by atoms with van der Waals surface area (Å²) < 4.78 is 7.10. The predicted molar refractivity (Wildman–Crippen MR) is 429 cm³/mol. The van der Waals surface area contributed by atoms with E-state index >= 15 is 0 Å². The molecule has 0 aliphatic rings. The third-order valence-electron chi connectivity index (χ3n) is 21.7. The van der Waals surface area contributed by atoms with Crippen LogP contribution in [0.1, 0.15) is 0 Å². The third kappa shape index (κ3) is 6.85. The van der Waals surface area contributed by atoms with Crippen LogP contribution in [0.3, 0.4) is 0 Å². The molecule has 0 atom stereocenters. The number of rotatable bonds is 3. The number of hydrogen-bond donors (Lipinski definition) is 0. The normalized spacial score (nSPS) is 11.9. The van der Waals surface area contributed by atoms with E-state index in [9.17, 15) is 0 Å². The lowest BCUT2D eigenvalue weighted by Gasteiger charge is -2.33.